The summed E-state index contributed by atoms with van der Waals surface area (Å²) in [4.78, 5) is 0. The summed E-state index contributed by atoms with van der Waals surface area (Å²) in [5.74, 6) is -20.2. The first-order chi connectivity index (χ1) is 14.5. The van der Waals surface area contributed by atoms with Crippen LogP contribution in [0.5, 0.6) is 5.75 Å². The van der Waals surface area contributed by atoms with Crippen molar-refractivity contribution in [2.24, 2.45) is 0 Å². The molecule has 2 rings (SSSR count). The summed E-state index contributed by atoms with van der Waals surface area (Å²) >= 11 is 0. The van der Waals surface area contributed by atoms with Crippen molar-refractivity contribution in [1.82, 2.24) is 0 Å². The number of phenols is 1. The summed E-state index contributed by atoms with van der Waals surface area (Å²) in [7, 11) is 0. The summed E-state index contributed by atoms with van der Waals surface area (Å²) in [5, 5.41) is 8.98. The molecule has 0 saturated carbocycles. The lowest BCUT2D eigenvalue weighted by molar-refractivity contribution is 0.308. The fraction of sp³-hybridized carbons (Fsp3) is 0.0952. The topological polar surface area (TPSA) is 29.5 Å². The fourth-order valence-corrected chi connectivity index (χ4v) is 2.31. The van der Waals surface area contributed by atoms with E-state index in [0.717, 1.165) is 5.57 Å². The van der Waals surface area contributed by atoms with E-state index in [-0.39, 0.29) is 5.76 Å². The summed E-state index contributed by atoms with van der Waals surface area (Å²) in [6, 6.07) is 0. The molecule has 0 bridgehead atoms. The Kier molecular flexibility index (Phi) is 7.30. The van der Waals surface area contributed by atoms with Crippen molar-refractivity contribution < 1.29 is 45.0 Å². The second kappa shape index (κ2) is 9.53. The number of ether oxygens (including phenoxy) is 1. The van der Waals surface area contributed by atoms with Gasteiger partial charge in [-0.3, -0.25) is 0 Å². The largest absolute Gasteiger partial charge is 0.503 e. The first kappa shape index (κ1) is 23.8. The number of phenolic OH excluding ortho intramolecular Hbond substituents is 1. The van der Waals surface area contributed by atoms with Gasteiger partial charge in [-0.1, -0.05) is 30.0 Å². The Morgan fingerprint density at radius 3 is 2.13 bits per heavy atom. The lowest BCUT2D eigenvalue weighted by atomic mass is 10.00. The third-order valence-corrected chi connectivity index (χ3v) is 3.84. The summed E-state index contributed by atoms with van der Waals surface area (Å²) < 4.78 is 116. The maximum atomic E-state index is 14.6. The van der Waals surface area contributed by atoms with Crippen LogP contribution in [-0.2, 0) is 4.74 Å². The van der Waals surface area contributed by atoms with Crippen LogP contribution >= 0.6 is 0 Å². The molecular weight excluding hydrogens is 436 g/mol. The molecule has 164 valence electrons. The lowest BCUT2D eigenvalue weighted by Crippen LogP contribution is -2.07. The van der Waals surface area contributed by atoms with Gasteiger partial charge >= 0.3 is 0 Å². The molecule has 0 radical (unpaired) electrons. The first-order valence-corrected chi connectivity index (χ1v) is 8.25. The Labute approximate surface area is 170 Å². The molecule has 0 spiro atoms. The molecule has 1 aromatic rings. The second-order valence-corrected chi connectivity index (χ2v) is 5.97. The molecule has 0 saturated heterocycles. The molecule has 2 nitrogen and oxygen atoms in total. The van der Waals surface area contributed by atoms with Crippen molar-refractivity contribution in [2.75, 3.05) is 6.67 Å². The maximum absolute atomic E-state index is 14.6. The van der Waals surface area contributed by atoms with Crippen LogP contribution in [0.1, 0.15) is 12.5 Å². The molecule has 1 aliphatic rings. The molecule has 0 fully saturated rings. The number of hydrogen-bond donors (Lipinski definition) is 1. The molecule has 10 heteroatoms. The highest BCUT2D eigenvalue weighted by Crippen LogP contribution is 2.40. The van der Waals surface area contributed by atoms with Crippen LogP contribution in [-0.4, -0.2) is 11.8 Å². The van der Waals surface area contributed by atoms with Gasteiger partial charge in [0.1, 0.15) is 12.5 Å². The molecular formula is C21H12F8O2. The van der Waals surface area contributed by atoms with E-state index >= 15 is 0 Å². The van der Waals surface area contributed by atoms with Crippen LogP contribution in [0, 0.1) is 23.3 Å². The molecule has 1 aromatic carbocycles. The standard InChI is InChI=1S/C21H12F8O2/c1-9-4-3-5-11(7-6-9)31-10(2)15(24)16(25)13(12(23)8-22)14-17(26)19(28)21(30)20(29)18(14)27/h3-4,6-7,30H,2,8H2,1H3/b13-12+,16-15-. The Hall–Kier alpha value is -3.52. The Morgan fingerprint density at radius 1 is 1.00 bits per heavy atom. The van der Waals surface area contributed by atoms with E-state index in [4.69, 9.17) is 9.84 Å². The molecule has 1 N–H and O–H groups in total. The van der Waals surface area contributed by atoms with Crippen LogP contribution in [0.4, 0.5) is 35.1 Å². The number of rotatable bonds is 6. The predicted octanol–water partition coefficient (Wildman–Crippen LogP) is 6.83. The van der Waals surface area contributed by atoms with Crippen molar-refractivity contribution in [3.8, 4) is 5.75 Å². The second-order valence-electron chi connectivity index (χ2n) is 5.97. The smallest absolute Gasteiger partial charge is 0.204 e. The number of aromatic hydroxyl groups is 1. The SMILES string of the molecule is C=C(OC1=C=CC=C(C)C=C1)/C(F)=C(F)\C(=C(\F)CF)c1c(F)c(F)c(O)c(F)c1F. The number of benzene rings is 1. The van der Waals surface area contributed by atoms with Crippen molar-refractivity contribution in [3.05, 3.63) is 100 Å². The van der Waals surface area contributed by atoms with Crippen molar-refractivity contribution >= 4 is 5.57 Å². The minimum absolute atomic E-state index is 0.198. The third-order valence-electron chi connectivity index (χ3n) is 3.84. The maximum Gasteiger partial charge on any atom is 0.204 e. The average molecular weight is 448 g/mol. The highest BCUT2D eigenvalue weighted by molar-refractivity contribution is 5.81. The Morgan fingerprint density at radius 2 is 1.58 bits per heavy atom. The van der Waals surface area contributed by atoms with Crippen LogP contribution in [0.25, 0.3) is 5.57 Å². The van der Waals surface area contributed by atoms with E-state index in [9.17, 15) is 35.1 Å². The predicted molar refractivity (Wildman–Crippen MR) is 95.9 cm³/mol. The van der Waals surface area contributed by atoms with Crippen molar-refractivity contribution in [1.29, 1.82) is 0 Å². The highest BCUT2D eigenvalue weighted by atomic mass is 19.2. The summed E-state index contributed by atoms with van der Waals surface area (Å²) in [6.45, 7) is 2.52. The van der Waals surface area contributed by atoms with E-state index in [2.05, 4.69) is 12.3 Å². The van der Waals surface area contributed by atoms with Gasteiger partial charge in [0.15, 0.2) is 34.7 Å². The molecule has 1 aliphatic carbocycles. The normalized spacial score (nSPS) is 15.0. The third kappa shape index (κ3) is 4.80. The minimum Gasteiger partial charge on any atom is -0.503 e. The van der Waals surface area contributed by atoms with Gasteiger partial charge in [-0.15, -0.1) is 0 Å². The van der Waals surface area contributed by atoms with E-state index in [1.807, 2.05) is 0 Å². The Bertz CT molecular complexity index is 1100. The van der Waals surface area contributed by atoms with Crippen LogP contribution in [0.2, 0.25) is 0 Å². The van der Waals surface area contributed by atoms with Gasteiger partial charge in [-0.2, -0.15) is 13.2 Å². The van der Waals surface area contributed by atoms with E-state index in [0.29, 0.717) is 0 Å². The molecule has 0 aromatic heterocycles. The quantitative estimate of drug-likeness (QED) is 0.170. The molecule has 0 amide bonds. The highest BCUT2D eigenvalue weighted by Gasteiger charge is 2.33. The monoisotopic (exact) mass is 448 g/mol. The van der Waals surface area contributed by atoms with Crippen LogP contribution in [0.3, 0.4) is 0 Å². The Balaban J connectivity index is 2.61. The van der Waals surface area contributed by atoms with Gasteiger partial charge in [-0.05, 0) is 19.1 Å². The van der Waals surface area contributed by atoms with Crippen LogP contribution in [0.15, 0.2) is 71.2 Å². The van der Waals surface area contributed by atoms with Gasteiger partial charge in [0.05, 0.1) is 11.1 Å². The van der Waals surface area contributed by atoms with Gasteiger partial charge in [-0.25, -0.2) is 22.0 Å². The molecule has 31 heavy (non-hydrogen) atoms. The molecule has 0 heterocycles. The molecule has 0 aliphatic heterocycles. The number of alkyl halides is 1. The molecule has 0 unspecified atom stereocenters. The molecule has 0 atom stereocenters. The minimum atomic E-state index is -2.48. The van der Waals surface area contributed by atoms with E-state index in [1.54, 1.807) is 13.0 Å². The first-order valence-electron chi connectivity index (χ1n) is 8.25. The number of hydrogen-bond acceptors (Lipinski definition) is 2. The number of allylic oxidation sites excluding steroid dienone is 8. The zero-order chi connectivity index (χ0) is 23.5. The summed E-state index contributed by atoms with van der Waals surface area (Å²) in [5.41, 5.74) is -0.971. The van der Waals surface area contributed by atoms with E-state index in [1.165, 1.54) is 18.2 Å². The zero-order valence-corrected chi connectivity index (χ0v) is 15.6. The number of halogens is 8. The zero-order valence-electron chi connectivity index (χ0n) is 15.6. The average Bonchev–Trinajstić information content (AvgIpc) is 2.96. The van der Waals surface area contributed by atoms with Gasteiger partial charge in [0.25, 0.3) is 0 Å². The summed E-state index contributed by atoms with van der Waals surface area (Å²) in [6.07, 6.45) is 5.71. The van der Waals surface area contributed by atoms with Crippen molar-refractivity contribution in [2.45, 2.75) is 6.92 Å². The van der Waals surface area contributed by atoms with Crippen molar-refractivity contribution in [3.63, 3.8) is 0 Å². The fourth-order valence-electron chi connectivity index (χ4n) is 2.31. The van der Waals surface area contributed by atoms with Gasteiger partial charge < -0.3 is 9.84 Å². The lowest BCUT2D eigenvalue weighted by Gasteiger charge is -2.13. The van der Waals surface area contributed by atoms with Gasteiger partial charge in [0, 0.05) is 0 Å². The van der Waals surface area contributed by atoms with E-state index < -0.39 is 70.1 Å². The van der Waals surface area contributed by atoms with Gasteiger partial charge in [0.2, 0.25) is 17.5 Å². The van der Waals surface area contributed by atoms with Crippen LogP contribution < -0.4 is 0 Å².